The van der Waals surface area contributed by atoms with Crippen molar-refractivity contribution >= 4 is 5.97 Å². The van der Waals surface area contributed by atoms with Crippen LogP contribution in [0.5, 0.6) is 0 Å². The van der Waals surface area contributed by atoms with Gasteiger partial charge in [0.2, 0.25) is 0 Å². The number of carbonyl (C=O) groups is 1. The van der Waals surface area contributed by atoms with Crippen molar-refractivity contribution in [3.05, 3.63) is 11.8 Å². The fraction of sp³-hybridized carbons (Fsp3) is 0.875. The van der Waals surface area contributed by atoms with Gasteiger partial charge in [-0.1, -0.05) is 96.3 Å². The van der Waals surface area contributed by atoms with Crippen molar-refractivity contribution < 1.29 is 9.53 Å². The number of hydrogen-bond donors (Lipinski definition) is 0. The SMILES string of the molecule is O=C1OC(=CCCCCC2CCCCC2)C1CCCCC1CCCCC1. The van der Waals surface area contributed by atoms with Gasteiger partial charge in [-0.25, -0.2) is 0 Å². The van der Waals surface area contributed by atoms with Crippen LogP contribution in [0.2, 0.25) is 0 Å². The maximum absolute atomic E-state index is 11.8. The highest BCUT2D eigenvalue weighted by atomic mass is 16.6. The summed E-state index contributed by atoms with van der Waals surface area (Å²) in [5, 5.41) is 0. The van der Waals surface area contributed by atoms with Gasteiger partial charge in [-0.2, -0.15) is 0 Å². The molecule has 2 saturated carbocycles. The Morgan fingerprint density at radius 2 is 1.27 bits per heavy atom. The largest absolute Gasteiger partial charge is 0.430 e. The highest BCUT2D eigenvalue weighted by molar-refractivity contribution is 5.82. The Kier molecular flexibility index (Phi) is 8.55. The predicted octanol–water partition coefficient (Wildman–Crippen LogP) is 7.32. The van der Waals surface area contributed by atoms with E-state index in [9.17, 15) is 4.79 Å². The molecule has 0 aromatic heterocycles. The first-order chi connectivity index (χ1) is 12.8. The molecule has 1 saturated heterocycles. The van der Waals surface area contributed by atoms with E-state index in [1.165, 1.54) is 103 Å². The van der Waals surface area contributed by atoms with Crippen molar-refractivity contribution in [3.63, 3.8) is 0 Å². The van der Waals surface area contributed by atoms with Crippen molar-refractivity contribution in [1.82, 2.24) is 0 Å². The molecule has 1 heterocycles. The van der Waals surface area contributed by atoms with Gasteiger partial charge in [0.25, 0.3) is 0 Å². The standard InChI is InChI=1S/C24H40O2/c25-24-22(18-11-10-17-21-14-6-2-7-15-21)23(26-24)19-9-3-8-16-20-12-4-1-5-13-20/h19-22H,1-18H2. The summed E-state index contributed by atoms with van der Waals surface area (Å²) in [5.74, 6) is 3.08. The molecule has 148 valence electrons. The summed E-state index contributed by atoms with van der Waals surface area (Å²) >= 11 is 0. The third-order valence-electron chi connectivity index (χ3n) is 7.06. The molecular weight excluding hydrogens is 320 g/mol. The van der Waals surface area contributed by atoms with Crippen LogP contribution >= 0.6 is 0 Å². The van der Waals surface area contributed by atoms with Crippen molar-refractivity contribution in [2.75, 3.05) is 0 Å². The molecule has 2 heteroatoms. The van der Waals surface area contributed by atoms with Gasteiger partial charge in [0, 0.05) is 0 Å². The third kappa shape index (κ3) is 6.43. The van der Waals surface area contributed by atoms with Gasteiger partial charge >= 0.3 is 5.97 Å². The zero-order chi connectivity index (χ0) is 18.0. The topological polar surface area (TPSA) is 26.3 Å². The maximum Gasteiger partial charge on any atom is 0.321 e. The number of hydrogen-bond acceptors (Lipinski definition) is 2. The van der Waals surface area contributed by atoms with E-state index >= 15 is 0 Å². The van der Waals surface area contributed by atoms with Gasteiger partial charge in [-0.05, 0) is 37.2 Å². The van der Waals surface area contributed by atoms with E-state index in [2.05, 4.69) is 6.08 Å². The number of cyclic esters (lactones) is 1. The van der Waals surface area contributed by atoms with Crippen molar-refractivity contribution in [2.45, 2.75) is 116 Å². The van der Waals surface area contributed by atoms with Crippen LogP contribution in [0.25, 0.3) is 0 Å². The van der Waals surface area contributed by atoms with E-state index in [1.807, 2.05) is 0 Å². The lowest BCUT2D eigenvalue weighted by molar-refractivity contribution is -0.157. The van der Waals surface area contributed by atoms with Crippen LogP contribution in [0.1, 0.15) is 116 Å². The summed E-state index contributed by atoms with van der Waals surface area (Å²) in [6.07, 6.45) is 26.7. The zero-order valence-electron chi connectivity index (χ0n) is 16.9. The lowest BCUT2D eigenvalue weighted by atomic mass is 9.85. The van der Waals surface area contributed by atoms with Crippen LogP contribution in [-0.2, 0) is 9.53 Å². The minimum absolute atomic E-state index is 0.0242. The maximum atomic E-state index is 11.8. The zero-order valence-corrected chi connectivity index (χ0v) is 16.9. The predicted molar refractivity (Wildman–Crippen MR) is 108 cm³/mol. The van der Waals surface area contributed by atoms with E-state index in [0.717, 1.165) is 30.4 Å². The van der Waals surface area contributed by atoms with Crippen LogP contribution in [0, 0.1) is 17.8 Å². The molecule has 1 aliphatic heterocycles. The number of rotatable bonds is 10. The molecule has 2 aliphatic carbocycles. The molecule has 3 rings (SSSR count). The Balaban J connectivity index is 1.24. The summed E-state index contributed by atoms with van der Waals surface area (Å²) in [5.41, 5.74) is 0. The molecular formula is C24H40O2. The van der Waals surface area contributed by atoms with Gasteiger partial charge < -0.3 is 4.74 Å². The Morgan fingerprint density at radius 3 is 1.85 bits per heavy atom. The van der Waals surface area contributed by atoms with E-state index in [4.69, 9.17) is 4.74 Å². The van der Waals surface area contributed by atoms with E-state index in [0.29, 0.717) is 0 Å². The molecule has 26 heavy (non-hydrogen) atoms. The van der Waals surface area contributed by atoms with E-state index in [1.54, 1.807) is 0 Å². The summed E-state index contributed by atoms with van der Waals surface area (Å²) in [6.45, 7) is 0. The van der Waals surface area contributed by atoms with Gasteiger partial charge in [0.05, 0.1) is 0 Å². The number of unbranched alkanes of at least 4 members (excludes halogenated alkanes) is 3. The first kappa shape index (κ1) is 20.0. The number of allylic oxidation sites excluding steroid dienone is 1. The van der Waals surface area contributed by atoms with Crippen LogP contribution < -0.4 is 0 Å². The Labute approximate surface area is 161 Å². The molecule has 0 aromatic rings. The highest BCUT2D eigenvalue weighted by Crippen LogP contribution is 2.34. The minimum Gasteiger partial charge on any atom is -0.430 e. The fourth-order valence-corrected chi connectivity index (χ4v) is 5.32. The summed E-state index contributed by atoms with van der Waals surface area (Å²) in [6, 6.07) is 0. The number of carbonyl (C=O) groups excluding carboxylic acids is 1. The van der Waals surface area contributed by atoms with Gasteiger partial charge in [-0.3, -0.25) is 4.79 Å². The quantitative estimate of drug-likeness (QED) is 0.301. The molecule has 1 unspecified atom stereocenters. The van der Waals surface area contributed by atoms with Gasteiger partial charge in [0.15, 0.2) is 0 Å². The molecule has 0 aromatic carbocycles. The molecule has 0 radical (unpaired) electrons. The lowest BCUT2D eigenvalue weighted by Crippen LogP contribution is -2.32. The molecule has 3 aliphatic rings. The molecule has 0 spiro atoms. The van der Waals surface area contributed by atoms with Crippen LogP contribution in [0.4, 0.5) is 0 Å². The molecule has 3 fully saturated rings. The second-order valence-corrected chi connectivity index (χ2v) is 9.16. The van der Waals surface area contributed by atoms with Crippen molar-refractivity contribution in [1.29, 1.82) is 0 Å². The monoisotopic (exact) mass is 360 g/mol. The second-order valence-electron chi connectivity index (χ2n) is 9.16. The van der Waals surface area contributed by atoms with E-state index in [-0.39, 0.29) is 11.9 Å². The Bertz CT molecular complexity index is 441. The fourth-order valence-electron chi connectivity index (χ4n) is 5.32. The molecule has 0 amide bonds. The van der Waals surface area contributed by atoms with Crippen LogP contribution in [0.15, 0.2) is 11.8 Å². The van der Waals surface area contributed by atoms with Gasteiger partial charge in [-0.15, -0.1) is 0 Å². The summed E-state index contributed by atoms with van der Waals surface area (Å²) in [4.78, 5) is 11.8. The van der Waals surface area contributed by atoms with Crippen LogP contribution in [0.3, 0.4) is 0 Å². The number of ether oxygens (including phenoxy) is 1. The lowest BCUT2D eigenvalue weighted by Gasteiger charge is -2.28. The second kappa shape index (κ2) is 11.1. The smallest absolute Gasteiger partial charge is 0.321 e. The Morgan fingerprint density at radius 1 is 0.731 bits per heavy atom. The van der Waals surface area contributed by atoms with Gasteiger partial charge in [0.1, 0.15) is 11.7 Å². The van der Waals surface area contributed by atoms with Crippen molar-refractivity contribution in [2.24, 2.45) is 17.8 Å². The van der Waals surface area contributed by atoms with E-state index < -0.39 is 0 Å². The molecule has 0 bridgehead atoms. The summed E-state index contributed by atoms with van der Waals surface area (Å²) < 4.78 is 5.32. The van der Waals surface area contributed by atoms with Crippen LogP contribution in [-0.4, -0.2) is 5.97 Å². The highest BCUT2D eigenvalue weighted by Gasteiger charge is 2.36. The third-order valence-corrected chi connectivity index (χ3v) is 7.06. The average Bonchev–Trinajstić information content (AvgIpc) is 2.68. The molecule has 1 atom stereocenters. The normalized spacial score (nSPS) is 26.7. The number of esters is 1. The first-order valence-corrected chi connectivity index (χ1v) is 11.7. The summed E-state index contributed by atoms with van der Waals surface area (Å²) in [7, 11) is 0. The first-order valence-electron chi connectivity index (χ1n) is 11.7. The minimum atomic E-state index is 0.0242. The molecule has 2 nitrogen and oxygen atoms in total. The average molecular weight is 361 g/mol. The molecule has 0 N–H and O–H groups in total. The Hall–Kier alpha value is -0.790. The van der Waals surface area contributed by atoms with Crippen molar-refractivity contribution in [3.8, 4) is 0 Å².